The summed E-state index contributed by atoms with van der Waals surface area (Å²) in [5.41, 5.74) is -0.641. The summed E-state index contributed by atoms with van der Waals surface area (Å²) in [4.78, 5) is 64.5. The van der Waals surface area contributed by atoms with Gasteiger partial charge in [-0.05, 0) is 42.7 Å². The second kappa shape index (κ2) is 11.1. The van der Waals surface area contributed by atoms with E-state index in [-0.39, 0.29) is 37.2 Å². The predicted molar refractivity (Wildman–Crippen MR) is 133 cm³/mol. The van der Waals surface area contributed by atoms with Crippen molar-refractivity contribution in [2.45, 2.75) is 25.3 Å². The van der Waals surface area contributed by atoms with Crippen LogP contribution in [0.1, 0.15) is 34.5 Å². The molecule has 0 bridgehead atoms. The molecule has 0 saturated carbocycles. The summed E-state index contributed by atoms with van der Waals surface area (Å²) in [6.45, 7) is 1.86. The van der Waals surface area contributed by atoms with Crippen molar-refractivity contribution in [3.05, 3.63) is 52.8 Å². The fourth-order valence-electron chi connectivity index (χ4n) is 4.42. The summed E-state index contributed by atoms with van der Waals surface area (Å²) in [5, 5.41) is 44.2. The number of phenols is 2. The quantitative estimate of drug-likeness (QED) is 0.153. The normalized spacial score (nSPS) is 17.6. The summed E-state index contributed by atoms with van der Waals surface area (Å²) in [6, 6.07) is 2.71. The van der Waals surface area contributed by atoms with Gasteiger partial charge in [-0.2, -0.15) is 0 Å². The van der Waals surface area contributed by atoms with E-state index >= 15 is 0 Å². The molecule has 0 radical (unpaired) electrons. The van der Waals surface area contributed by atoms with Crippen LogP contribution in [0.25, 0.3) is 0 Å². The van der Waals surface area contributed by atoms with E-state index in [9.17, 15) is 48.7 Å². The van der Waals surface area contributed by atoms with Gasteiger partial charge in [-0.25, -0.2) is 14.0 Å². The second-order valence-corrected chi connectivity index (χ2v) is 9.02. The molecule has 1 saturated heterocycles. The Bertz CT molecular complexity index is 1410. The van der Waals surface area contributed by atoms with E-state index in [4.69, 9.17) is 4.65 Å². The summed E-state index contributed by atoms with van der Waals surface area (Å²) in [7, 11) is -1.82. The predicted octanol–water partition coefficient (Wildman–Crippen LogP) is -0.484. The molecular formula is C24H24BFN4O10. The monoisotopic (exact) mass is 558 g/mol. The molecule has 6 N–H and O–H groups in total. The van der Waals surface area contributed by atoms with Crippen LogP contribution in [0.5, 0.6) is 17.2 Å². The Hall–Kier alpha value is -4.86. The number of rotatable bonds is 6. The van der Waals surface area contributed by atoms with Crippen molar-refractivity contribution < 1.29 is 53.4 Å². The molecule has 14 nitrogen and oxygen atoms in total. The molecule has 0 aromatic heterocycles. The number of aromatic hydroxyl groups is 2. The summed E-state index contributed by atoms with van der Waals surface area (Å²) in [5.74, 6) is -8.39. The number of carbonyl (C=O) groups excluding carboxylic acids is 4. The number of piperazine rings is 1. The zero-order valence-electron chi connectivity index (χ0n) is 21.0. The number of nitrogens with one attached hydrogen (secondary N) is 2. The molecule has 2 aromatic rings. The minimum Gasteiger partial charge on any atom is -0.534 e. The minimum absolute atomic E-state index is 0.0334. The summed E-state index contributed by atoms with van der Waals surface area (Å²) in [6.07, 6.45) is -0.184. The third kappa shape index (κ3) is 5.33. The van der Waals surface area contributed by atoms with Gasteiger partial charge < -0.3 is 40.5 Å². The average Bonchev–Trinajstić information content (AvgIpc) is 2.90. The van der Waals surface area contributed by atoms with Crippen molar-refractivity contribution in [1.29, 1.82) is 0 Å². The van der Waals surface area contributed by atoms with E-state index in [1.54, 1.807) is 6.92 Å². The molecule has 5 amide bonds. The molecule has 0 spiro atoms. The van der Waals surface area contributed by atoms with E-state index < -0.39 is 77.5 Å². The van der Waals surface area contributed by atoms with Gasteiger partial charge in [0, 0.05) is 19.6 Å². The number of urea groups is 1. The van der Waals surface area contributed by atoms with Crippen molar-refractivity contribution in [3.63, 3.8) is 0 Å². The van der Waals surface area contributed by atoms with E-state index in [1.807, 2.05) is 0 Å². The van der Waals surface area contributed by atoms with E-state index in [0.29, 0.717) is 4.90 Å². The number of carboxylic acids is 1. The minimum atomic E-state index is -1.82. The molecule has 0 aliphatic carbocycles. The average molecular weight is 558 g/mol. The Balaban J connectivity index is 1.58. The molecule has 2 atom stereocenters. The van der Waals surface area contributed by atoms with Gasteiger partial charge in [-0.3, -0.25) is 19.3 Å². The first kappa shape index (κ1) is 28.2. The standard InChI is InChI=1S/C24H24BFN4O10/c1-2-29-7-8-30(22(35)21(29)34)24(38)28-18(11-4-6-14(31)15(32)9-11)20(33)27-16-10-12-3-5-13(26)17(23(36)37)19(12)40-25(16)39/h3-6,9,16,18,31-32,39H,2,7-8,10H2,1H3,(H,27,33)(H,28,38)(H,36,37). The highest BCUT2D eigenvalue weighted by Crippen LogP contribution is 2.33. The Morgan fingerprint density at radius 3 is 2.50 bits per heavy atom. The van der Waals surface area contributed by atoms with Crippen molar-refractivity contribution in [1.82, 2.24) is 20.4 Å². The summed E-state index contributed by atoms with van der Waals surface area (Å²) >= 11 is 0. The van der Waals surface area contributed by atoms with Crippen molar-refractivity contribution in [3.8, 4) is 17.2 Å². The van der Waals surface area contributed by atoms with E-state index in [2.05, 4.69) is 10.6 Å². The molecule has 2 aliphatic rings. The molecule has 2 unspecified atom stereocenters. The first-order valence-electron chi connectivity index (χ1n) is 12.1. The van der Waals surface area contributed by atoms with Crippen molar-refractivity contribution >= 4 is 36.8 Å². The number of halogens is 1. The Morgan fingerprint density at radius 2 is 1.85 bits per heavy atom. The molecular weight excluding hydrogens is 534 g/mol. The topological polar surface area (TPSA) is 206 Å². The number of likely N-dealkylation sites (N-methyl/N-ethyl adjacent to an activating group) is 1. The molecule has 2 aromatic carbocycles. The van der Waals surface area contributed by atoms with Crippen LogP contribution in [0.3, 0.4) is 0 Å². The zero-order chi connectivity index (χ0) is 29.3. The molecule has 16 heteroatoms. The highest BCUT2D eigenvalue weighted by molar-refractivity contribution is 6.47. The number of hydrogen-bond donors (Lipinski definition) is 6. The number of carboxylic acid groups (broad SMARTS) is 1. The lowest BCUT2D eigenvalue weighted by molar-refractivity contribution is -0.153. The van der Waals surface area contributed by atoms with Gasteiger partial charge in [0.25, 0.3) is 0 Å². The third-order valence-corrected chi connectivity index (χ3v) is 6.55. The number of hydrogen-bond acceptors (Lipinski definition) is 9. The number of nitrogens with zero attached hydrogens (tertiary/aromatic N) is 2. The van der Waals surface area contributed by atoms with Crippen LogP contribution >= 0.6 is 0 Å². The number of phenolic OH excluding ortho intramolecular Hbond substituents is 2. The van der Waals surface area contributed by atoms with Crippen LogP contribution in [-0.2, 0) is 20.8 Å². The first-order chi connectivity index (χ1) is 18.9. The molecule has 1 fully saturated rings. The number of aromatic carboxylic acids is 1. The largest absolute Gasteiger partial charge is 0.547 e. The van der Waals surface area contributed by atoms with Gasteiger partial charge in [0.2, 0.25) is 5.91 Å². The second-order valence-electron chi connectivity index (χ2n) is 9.02. The van der Waals surface area contributed by atoms with Gasteiger partial charge >= 0.3 is 30.9 Å². The maximum Gasteiger partial charge on any atom is 0.547 e. The highest BCUT2D eigenvalue weighted by Gasteiger charge is 2.41. The Morgan fingerprint density at radius 1 is 1.12 bits per heavy atom. The maximum absolute atomic E-state index is 14.0. The van der Waals surface area contributed by atoms with Crippen LogP contribution in [0.4, 0.5) is 9.18 Å². The lowest BCUT2D eigenvalue weighted by Crippen LogP contribution is -2.60. The lowest BCUT2D eigenvalue weighted by Gasteiger charge is -2.33. The summed E-state index contributed by atoms with van der Waals surface area (Å²) < 4.78 is 19.3. The SMILES string of the molecule is CCN1CCN(C(=O)NC(C(=O)NC2Cc3ccc(F)c(C(=O)O)c3OB2O)c2ccc(O)c(O)c2)C(=O)C1=O. The molecule has 4 rings (SSSR count). The van der Waals surface area contributed by atoms with Crippen LogP contribution in [0.15, 0.2) is 30.3 Å². The maximum atomic E-state index is 14.0. The van der Waals surface area contributed by atoms with Gasteiger partial charge in [-0.1, -0.05) is 12.1 Å². The van der Waals surface area contributed by atoms with Crippen LogP contribution in [-0.4, -0.2) is 92.6 Å². The number of fused-ring (bicyclic) bond motifs is 1. The fraction of sp³-hybridized carbons (Fsp3) is 0.292. The Labute approximate surface area is 226 Å². The van der Waals surface area contributed by atoms with E-state index in [0.717, 1.165) is 18.2 Å². The lowest BCUT2D eigenvalue weighted by atomic mass is 9.72. The van der Waals surface area contributed by atoms with Gasteiger partial charge in [0.05, 0.1) is 5.94 Å². The molecule has 2 aliphatic heterocycles. The zero-order valence-corrected chi connectivity index (χ0v) is 21.0. The van der Waals surface area contributed by atoms with Gasteiger partial charge in [0.15, 0.2) is 11.5 Å². The first-order valence-corrected chi connectivity index (χ1v) is 12.1. The van der Waals surface area contributed by atoms with Gasteiger partial charge in [0.1, 0.15) is 23.2 Å². The Kier molecular flexibility index (Phi) is 7.81. The fourth-order valence-corrected chi connectivity index (χ4v) is 4.42. The molecule has 2 heterocycles. The van der Waals surface area contributed by atoms with Gasteiger partial charge in [-0.15, -0.1) is 0 Å². The molecule has 40 heavy (non-hydrogen) atoms. The van der Waals surface area contributed by atoms with E-state index in [1.165, 1.54) is 17.0 Å². The number of amides is 5. The number of benzene rings is 2. The third-order valence-electron chi connectivity index (χ3n) is 6.55. The van der Waals surface area contributed by atoms with Crippen molar-refractivity contribution in [2.24, 2.45) is 0 Å². The number of imide groups is 1. The number of carbonyl (C=O) groups is 5. The highest BCUT2D eigenvalue weighted by atomic mass is 19.1. The van der Waals surface area contributed by atoms with Crippen LogP contribution < -0.4 is 15.3 Å². The van der Waals surface area contributed by atoms with Crippen molar-refractivity contribution in [2.75, 3.05) is 19.6 Å². The smallest absolute Gasteiger partial charge is 0.534 e. The van der Waals surface area contributed by atoms with Crippen LogP contribution in [0.2, 0.25) is 0 Å². The van der Waals surface area contributed by atoms with Crippen LogP contribution in [0, 0.1) is 5.82 Å². The molecule has 210 valence electrons.